The number of furan rings is 1. The van der Waals surface area contributed by atoms with Crippen LogP contribution in [0.3, 0.4) is 0 Å². The van der Waals surface area contributed by atoms with Gasteiger partial charge in [0.25, 0.3) is 0 Å². The number of fused-ring (bicyclic) bond motifs is 12. The van der Waals surface area contributed by atoms with Gasteiger partial charge in [-0.1, -0.05) is 124 Å². The minimum atomic E-state index is 0. The molecule has 8 aromatic carbocycles. The molecule has 0 atom stereocenters. The van der Waals surface area contributed by atoms with Gasteiger partial charge in [-0.3, -0.25) is 9.97 Å². The number of hydrogen-bond acceptors (Lipinski definition) is 3. The summed E-state index contributed by atoms with van der Waals surface area (Å²) in [7, 11) is 2.10. The third kappa shape index (κ3) is 5.88. The van der Waals surface area contributed by atoms with Gasteiger partial charge in [0, 0.05) is 59.8 Å². The van der Waals surface area contributed by atoms with Gasteiger partial charge in [-0.15, -0.1) is 54.1 Å². The Morgan fingerprint density at radius 3 is 1.97 bits per heavy atom. The first-order valence-electron chi connectivity index (χ1n) is 21.8. The Morgan fingerprint density at radius 1 is 0.516 bits per heavy atom. The van der Waals surface area contributed by atoms with Gasteiger partial charge in [-0.05, 0) is 59.4 Å². The van der Waals surface area contributed by atoms with Crippen molar-refractivity contribution < 1.29 is 24.5 Å². The van der Waals surface area contributed by atoms with Gasteiger partial charge in [-0.25, -0.2) is 0 Å². The van der Waals surface area contributed by atoms with E-state index in [0.29, 0.717) is 11.8 Å². The summed E-state index contributed by atoms with van der Waals surface area (Å²) in [5.74, 6) is 2.66. The molecule has 13 aromatic rings. The Balaban J connectivity index is 0.000000147. The third-order valence-electron chi connectivity index (χ3n) is 12.9. The second kappa shape index (κ2) is 15.3. The van der Waals surface area contributed by atoms with E-state index in [1.54, 1.807) is 0 Å². The molecule has 13 rings (SSSR count). The maximum absolute atomic E-state index is 6.33. The van der Waals surface area contributed by atoms with Crippen LogP contribution in [0.2, 0.25) is 0 Å². The van der Waals surface area contributed by atoms with Crippen LogP contribution in [-0.2, 0) is 27.2 Å². The van der Waals surface area contributed by atoms with Crippen molar-refractivity contribution in [1.82, 2.24) is 23.5 Å². The van der Waals surface area contributed by atoms with Crippen molar-refractivity contribution in [3.63, 3.8) is 0 Å². The van der Waals surface area contributed by atoms with E-state index < -0.39 is 0 Å². The monoisotopic (exact) mass is 1010 g/mol. The van der Waals surface area contributed by atoms with Gasteiger partial charge in [0.2, 0.25) is 0 Å². The van der Waals surface area contributed by atoms with Crippen LogP contribution in [0, 0.1) is 12.1 Å². The molecule has 5 aromatic heterocycles. The zero-order chi connectivity index (χ0) is 42.5. The Bertz CT molecular complexity index is 3860. The first-order chi connectivity index (χ1) is 30.9. The first-order valence-corrected chi connectivity index (χ1v) is 21.8. The fraction of sp³-hybridized carbons (Fsp3) is 0.123. The van der Waals surface area contributed by atoms with Crippen molar-refractivity contribution >= 4 is 82.1 Å². The van der Waals surface area contributed by atoms with Crippen LogP contribution in [0.5, 0.6) is 0 Å². The van der Waals surface area contributed by atoms with Crippen LogP contribution in [0.15, 0.2) is 162 Å². The van der Waals surface area contributed by atoms with Crippen molar-refractivity contribution in [3.05, 3.63) is 181 Å². The van der Waals surface area contributed by atoms with Gasteiger partial charge in [-0.2, -0.15) is 0 Å². The Hall–Kier alpha value is -7.05. The minimum Gasteiger partial charge on any atom is -0.501 e. The molecule has 0 saturated carbocycles. The summed E-state index contributed by atoms with van der Waals surface area (Å²) in [5, 5.41) is 7.26. The Morgan fingerprint density at radius 2 is 1.19 bits per heavy atom. The molecular weight excluding hydrogens is 963 g/mol. The average molecular weight is 1010 g/mol. The second-order valence-corrected chi connectivity index (χ2v) is 17.2. The predicted octanol–water partition coefficient (Wildman–Crippen LogP) is 14.8. The van der Waals surface area contributed by atoms with Crippen LogP contribution >= 0.6 is 0 Å². The molecule has 7 heteroatoms. The summed E-state index contributed by atoms with van der Waals surface area (Å²) >= 11 is 0. The number of rotatable bonds is 5. The summed E-state index contributed by atoms with van der Waals surface area (Å²) < 4.78 is 13.3. The van der Waals surface area contributed by atoms with Crippen LogP contribution in [-0.4, -0.2) is 23.5 Å². The van der Waals surface area contributed by atoms with E-state index in [1.807, 2.05) is 42.5 Å². The van der Waals surface area contributed by atoms with E-state index in [-0.39, 0.29) is 20.1 Å². The summed E-state index contributed by atoms with van der Waals surface area (Å²) in [5.41, 5.74) is 15.5. The molecule has 0 spiro atoms. The molecular formula is C57H43IrN5O-2. The summed E-state index contributed by atoms with van der Waals surface area (Å²) in [6, 6.07) is 61.8. The number of hydrogen-bond donors (Lipinski definition) is 0. The maximum Gasteiger partial charge on any atom is 0.120 e. The van der Waals surface area contributed by atoms with Gasteiger partial charge >= 0.3 is 0 Å². The van der Waals surface area contributed by atoms with E-state index >= 15 is 0 Å². The third-order valence-corrected chi connectivity index (χ3v) is 12.9. The van der Waals surface area contributed by atoms with Crippen molar-refractivity contribution in [1.29, 1.82) is 0 Å². The number of aromatic nitrogens is 5. The molecule has 5 heterocycles. The number of imidazole rings is 2. The zero-order valence-corrected chi connectivity index (χ0v) is 38.5. The van der Waals surface area contributed by atoms with E-state index in [9.17, 15) is 0 Å². The predicted molar refractivity (Wildman–Crippen MR) is 260 cm³/mol. The molecule has 0 unspecified atom stereocenters. The van der Waals surface area contributed by atoms with Crippen molar-refractivity contribution in [2.24, 2.45) is 7.05 Å². The number of para-hydroxylation sites is 6. The van der Waals surface area contributed by atoms with Crippen LogP contribution in [0.25, 0.3) is 111 Å². The fourth-order valence-corrected chi connectivity index (χ4v) is 10.0. The van der Waals surface area contributed by atoms with Crippen LogP contribution < -0.4 is 0 Å². The topological polar surface area (TPSA) is 53.2 Å². The molecule has 0 bridgehead atoms. The molecule has 0 fully saturated rings. The van der Waals surface area contributed by atoms with Crippen molar-refractivity contribution in [2.75, 3.05) is 0 Å². The van der Waals surface area contributed by atoms with E-state index in [4.69, 9.17) is 14.4 Å². The van der Waals surface area contributed by atoms with E-state index in [1.165, 1.54) is 54.9 Å². The molecule has 0 N–H and O–H groups in total. The van der Waals surface area contributed by atoms with E-state index in [2.05, 4.69) is 176 Å². The van der Waals surface area contributed by atoms with Gasteiger partial charge in [0.05, 0.1) is 55.8 Å². The second-order valence-electron chi connectivity index (χ2n) is 17.2. The molecule has 64 heavy (non-hydrogen) atoms. The maximum atomic E-state index is 6.33. The molecule has 0 saturated heterocycles. The molecule has 313 valence electrons. The SMILES string of the molecule is CC(C)c1cccc(C(C)C)c1-n1c(-c2[c-]cccc2)nc2ccccc21.Cn1c(-c2[c-]ccc3c2oc2ccccc23)nc2ccc3c(c4cccc5c6ccccc6n3c54)c21.[Ir]. The molecule has 1 radical (unpaired) electrons. The number of aryl methyl sites for hydroxylation is 1. The van der Waals surface area contributed by atoms with Gasteiger partial charge < -0.3 is 18.0 Å². The molecule has 0 aliphatic rings. The van der Waals surface area contributed by atoms with E-state index in [0.717, 1.165) is 66.8 Å². The number of nitrogens with zero attached hydrogens (tertiary/aromatic N) is 5. The average Bonchev–Trinajstić information content (AvgIpc) is 4.13. The van der Waals surface area contributed by atoms with Crippen LogP contribution in [0.1, 0.15) is 50.7 Å². The van der Waals surface area contributed by atoms with Crippen LogP contribution in [0.4, 0.5) is 0 Å². The largest absolute Gasteiger partial charge is 0.501 e. The Labute approximate surface area is 384 Å². The first kappa shape index (κ1) is 39.8. The molecule has 0 amide bonds. The fourth-order valence-electron chi connectivity index (χ4n) is 10.0. The van der Waals surface area contributed by atoms with Gasteiger partial charge in [0.1, 0.15) is 5.58 Å². The standard InChI is InChI=1S/C32H18N3O.C25H25N2.Ir/c1-34-30-24(33-32(34)23-13-7-11-21-19-9-3-5-15-27(19)36-31(21)23)16-17-26-28(30)22-12-6-10-20-18-8-2-4-14-25(18)35(26)29(20)22;1-17(2)20-13-10-14-21(18(3)4)24(20)27-23-16-9-8-15-22(23)26-25(27)19-11-6-5-7-12-19;/h2-12,14-17H,1H3;5-11,13-18H,1-4H3;/q2*-1;. The molecule has 6 nitrogen and oxygen atoms in total. The molecule has 0 aliphatic carbocycles. The Kier molecular flexibility index (Phi) is 9.53. The minimum absolute atomic E-state index is 0. The summed E-state index contributed by atoms with van der Waals surface area (Å²) in [6.45, 7) is 9.04. The van der Waals surface area contributed by atoms with Crippen molar-refractivity contribution in [2.45, 2.75) is 39.5 Å². The summed E-state index contributed by atoms with van der Waals surface area (Å²) in [4.78, 5) is 10.1. The molecule has 0 aliphatic heterocycles. The zero-order valence-electron chi connectivity index (χ0n) is 36.1. The van der Waals surface area contributed by atoms with Gasteiger partial charge in [0.15, 0.2) is 0 Å². The van der Waals surface area contributed by atoms with Crippen molar-refractivity contribution in [3.8, 4) is 28.5 Å². The summed E-state index contributed by atoms with van der Waals surface area (Å²) in [6.07, 6.45) is 0. The quantitative estimate of drug-likeness (QED) is 0.161. The normalized spacial score (nSPS) is 12.0. The smallest absolute Gasteiger partial charge is 0.120 e. The number of benzene rings is 8.